The molecule has 3 amide bonds. The molecule has 1 aliphatic heterocycles. The first-order valence-corrected chi connectivity index (χ1v) is 13.7. The van der Waals surface area contributed by atoms with Crippen molar-refractivity contribution < 1.29 is 14.4 Å². The molecule has 9 heteroatoms. The Kier molecular flexibility index (Phi) is 5.90. The summed E-state index contributed by atoms with van der Waals surface area (Å²) in [6, 6.07) is 18.6. The van der Waals surface area contributed by atoms with E-state index in [1.165, 1.54) is 0 Å². The van der Waals surface area contributed by atoms with Crippen LogP contribution >= 0.6 is 46.4 Å². The highest BCUT2D eigenvalue weighted by Crippen LogP contribution is 2.69. The molecule has 3 atom stereocenters. The molecule has 3 aliphatic carbocycles. The van der Waals surface area contributed by atoms with Gasteiger partial charge >= 0.3 is 0 Å². The largest absolute Gasteiger partial charge is 0.323 e. The van der Waals surface area contributed by atoms with E-state index in [1.807, 2.05) is 48.5 Å². The van der Waals surface area contributed by atoms with Crippen LogP contribution in [0.5, 0.6) is 0 Å². The Labute approximate surface area is 240 Å². The maximum absolute atomic E-state index is 14.3. The number of alkyl halides is 2. The van der Waals surface area contributed by atoms with E-state index in [4.69, 9.17) is 46.4 Å². The Morgan fingerprint density at radius 1 is 0.789 bits per heavy atom. The van der Waals surface area contributed by atoms with Crippen LogP contribution in [0.15, 0.2) is 66.7 Å². The molecule has 4 aliphatic rings. The number of nitrogens with zero attached hydrogens (tertiary/aromatic N) is 1. The van der Waals surface area contributed by atoms with E-state index in [-0.39, 0.29) is 15.7 Å². The van der Waals surface area contributed by atoms with Gasteiger partial charge in [0.15, 0.2) is 0 Å². The molecule has 5 nitrogen and oxygen atoms in total. The average Bonchev–Trinajstić information content (AvgIpc) is 3.16. The lowest BCUT2D eigenvalue weighted by Crippen LogP contribution is -2.57. The fourth-order valence-corrected chi connectivity index (χ4v) is 7.93. The fraction of sp³-hybridized carbons (Fsp3) is 0.276. The van der Waals surface area contributed by atoms with Crippen LogP contribution in [0.1, 0.15) is 36.1 Å². The van der Waals surface area contributed by atoms with Crippen molar-refractivity contribution in [1.29, 1.82) is 0 Å². The van der Waals surface area contributed by atoms with Gasteiger partial charge in [0.25, 0.3) is 0 Å². The summed E-state index contributed by atoms with van der Waals surface area (Å²) in [4.78, 5) is 40.6. The number of rotatable bonds is 4. The zero-order chi connectivity index (χ0) is 27.1. The summed E-state index contributed by atoms with van der Waals surface area (Å²) in [7, 11) is 0. The van der Waals surface area contributed by atoms with Crippen LogP contribution in [-0.2, 0) is 24.1 Å². The molecule has 3 aromatic rings. The molecule has 1 fully saturated rings. The number of benzene rings is 3. The van der Waals surface area contributed by atoms with Gasteiger partial charge in [0.2, 0.25) is 17.7 Å². The molecule has 3 aromatic carbocycles. The first-order valence-electron chi connectivity index (χ1n) is 12.2. The van der Waals surface area contributed by atoms with Gasteiger partial charge in [0, 0.05) is 0 Å². The number of hydrogen-bond donors (Lipinski definition) is 1. The molecular formula is C29H22Cl4N2O3. The highest BCUT2D eigenvalue weighted by molar-refractivity contribution is 6.44. The minimum absolute atomic E-state index is 0.168. The third-order valence-corrected chi connectivity index (χ3v) is 10.1. The van der Waals surface area contributed by atoms with Crippen molar-refractivity contribution in [3.8, 4) is 0 Å². The van der Waals surface area contributed by atoms with E-state index in [2.05, 4.69) is 5.32 Å². The van der Waals surface area contributed by atoms with Gasteiger partial charge in [-0.25, -0.2) is 0 Å². The van der Waals surface area contributed by atoms with Crippen LogP contribution in [0.3, 0.4) is 0 Å². The number of carbonyl (C=O) groups is 3. The number of nitrogens with one attached hydrogen (secondary N) is 1. The molecule has 1 heterocycles. The maximum atomic E-state index is 14.3. The fourth-order valence-electron chi connectivity index (χ4n) is 6.49. The third kappa shape index (κ3) is 3.16. The number of likely N-dealkylation sites (tertiary alicyclic amines) is 1. The van der Waals surface area contributed by atoms with Crippen LogP contribution in [-0.4, -0.2) is 28.7 Å². The number of anilines is 1. The third-order valence-electron chi connectivity index (χ3n) is 8.01. The van der Waals surface area contributed by atoms with E-state index in [1.54, 1.807) is 32.0 Å². The second-order valence-corrected chi connectivity index (χ2v) is 12.3. The number of hydrogen-bond acceptors (Lipinski definition) is 3. The van der Waals surface area contributed by atoms with Crippen molar-refractivity contribution in [2.45, 2.75) is 29.6 Å². The zero-order valence-electron chi connectivity index (χ0n) is 20.3. The molecule has 0 aromatic heterocycles. The Morgan fingerprint density at radius 3 is 1.66 bits per heavy atom. The highest BCUT2D eigenvalue weighted by Gasteiger charge is 2.73. The van der Waals surface area contributed by atoms with Gasteiger partial charge in [0.05, 0.1) is 27.6 Å². The monoisotopic (exact) mass is 586 g/mol. The molecule has 0 radical (unpaired) electrons. The van der Waals surface area contributed by atoms with Crippen molar-refractivity contribution in [3.05, 3.63) is 99.0 Å². The highest BCUT2D eigenvalue weighted by atomic mass is 35.5. The quantitative estimate of drug-likeness (QED) is 0.278. The Balaban J connectivity index is 1.49. The van der Waals surface area contributed by atoms with Crippen molar-refractivity contribution in [3.63, 3.8) is 0 Å². The number of amides is 3. The van der Waals surface area contributed by atoms with Crippen LogP contribution in [0.25, 0.3) is 0 Å². The number of imide groups is 1. The van der Waals surface area contributed by atoms with Crippen molar-refractivity contribution in [2.75, 3.05) is 5.32 Å². The predicted octanol–water partition coefficient (Wildman–Crippen LogP) is 6.55. The van der Waals surface area contributed by atoms with Crippen LogP contribution in [0.4, 0.5) is 5.69 Å². The van der Waals surface area contributed by atoms with Crippen LogP contribution in [0, 0.1) is 17.8 Å². The molecule has 2 bridgehead atoms. The lowest BCUT2D eigenvalue weighted by molar-refractivity contribution is -0.148. The molecule has 0 unspecified atom stereocenters. The SMILES string of the molecule is CC(C)[C@@H](C(=O)Nc1cccc(Cl)c1Cl)N1C(=O)[C@@H]2[C@H](C1=O)C1(Cl)c3ccccc3C2(Cl)c2ccccc21. The number of carbonyl (C=O) groups excluding carboxylic acids is 3. The maximum Gasteiger partial charge on any atom is 0.247 e. The summed E-state index contributed by atoms with van der Waals surface area (Å²) >= 11 is 27.4. The second-order valence-electron chi connectivity index (χ2n) is 10.3. The molecular weight excluding hydrogens is 566 g/mol. The molecule has 0 saturated carbocycles. The molecule has 7 rings (SSSR count). The average molecular weight is 588 g/mol. The zero-order valence-corrected chi connectivity index (χ0v) is 23.4. The van der Waals surface area contributed by atoms with Gasteiger partial charge in [-0.2, -0.15) is 0 Å². The van der Waals surface area contributed by atoms with Crippen molar-refractivity contribution in [2.24, 2.45) is 17.8 Å². The summed E-state index contributed by atoms with van der Waals surface area (Å²) in [6.45, 7) is 3.55. The van der Waals surface area contributed by atoms with Gasteiger partial charge in [-0.1, -0.05) is 91.6 Å². The molecule has 1 saturated heterocycles. The Hall–Kier alpha value is -2.57. The first-order chi connectivity index (χ1) is 18.0. The lowest BCUT2D eigenvalue weighted by atomic mass is 9.54. The van der Waals surface area contributed by atoms with E-state index in [0.29, 0.717) is 22.3 Å². The molecule has 38 heavy (non-hydrogen) atoms. The molecule has 194 valence electrons. The summed E-state index contributed by atoms with van der Waals surface area (Å²) in [6.07, 6.45) is 0. The summed E-state index contributed by atoms with van der Waals surface area (Å²) in [5.74, 6) is -3.98. The van der Waals surface area contributed by atoms with Crippen molar-refractivity contribution >= 4 is 69.8 Å². The van der Waals surface area contributed by atoms with Gasteiger partial charge < -0.3 is 5.32 Å². The summed E-state index contributed by atoms with van der Waals surface area (Å²) in [5.41, 5.74) is 3.10. The lowest BCUT2D eigenvalue weighted by Gasteiger charge is -2.54. The van der Waals surface area contributed by atoms with Crippen LogP contribution < -0.4 is 5.32 Å². The van der Waals surface area contributed by atoms with E-state index < -0.39 is 51.3 Å². The second kappa shape index (κ2) is 8.72. The predicted molar refractivity (Wildman–Crippen MR) is 149 cm³/mol. The van der Waals surface area contributed by atoms with E-state index in [9.17, 15) is 14.4 Å². The minimum atomic E-state index is -1.32. The van der Waals surface area contributed by atoms with Crippen LogP contribution in [0.2, 0.25) is 10.0 Å². The molecule has 1 N–H and O–H groups in total. The van der Waals surface area contributed by atoms with Gasteiger partial charge in [0.1, 0.15) is 15.8 Å². The van der Waals surface area contributed by atoms with Gasteiger partial charge in [-0.15, -0.1) is 23.2 Å². The summed E-state index contributed by atoms with van der Waals surface area (Å²) < 4.78 is 0. The van der Waals surface area contributed by atoms with Gasteiger partial charge in [-0.3, -0.25) is 19.3 Å². The van der Waals surface area contributed by atoms with Crippen molar-refractivity contribution in [1.82, 2.24) is 4.90 Å². The standard InChI is InChI=1S/C29H22Cl4N2O3/c1-14(2)24(25(36)34-20-13-7-12-19(30)23(20)31)35-26(37)21-22(27(35)38)29(33)16-9-4-3-8-15(16)28(21,32)17-10-5-6-11-18(17)29/h3-14,21-22,24H,1-2H3,(H,34,36)/t21-,22+,24-,28?,29?/m0/s1. The summed E-state index contributed by atoms with van der Waals surface area (Å²) in [5, 5.41) is 3.19. The normalized spacial score (nSPS) is 27.7. The topological polar surface area (TPSA) is 66.5 Å². The van der Waals surface area contributed by atoms with E-state index in [0.717, 1.165) is 4.90 Å². The Morgan fingerprint density at radius 2 is 1.24 bits per heavy atom. The van der Waals surface area contributed by atoms with Gasteiger partial charge in [-0.05, 0) is 40.3 Å². The minimum Gasteiger partial charge on any atom is -0.323 e. The number of halogens is 4. The first kappa shape index (κ1) is 25.7. The Bertz CT molecular complexity index is 1420. The smallest absolute Gasteiger partial charge is 0.247 e. The van der Waals surface area contributed by atoms with E-state index >= 15 is 0 Å². The molecule has 0 spiro atoms.